The molecule has 1 aliphatic carbocycles. The van der Waals surface area contributed by atoms with Crippen LogP contribution in [0.3, 0.4) is 0 Å². The third kappa shape index (κ3) is 1.99. The third-order valence-electron chi connectivity index (χ3n) is 2.91. The highest BCUT2D eigenvalue weighted by Gasteiger charge is 2.34. The number of rotatable bonds is 0. The van der Waals surface area contributed by atoms with Crippen LogP contribution in [0.1, 0.15) is 39.5 Å². The van der Waals surface area contributed by atoms with Crippen LogP contribution in [-0.2, 0) is 0 Å². The fourth-order valence-corrected chi connectivity index (χ4v) is 2.33. The maximum Gasteiger partial charge on any atom is 0.0583 e. The highest BCUT2D eigenvalue weighted by Crippen LogP contribution is 2.30. The van der Waals surface area contributed by atoms with E-state index in [2.05, 4.69) is 5.32 Å². The van der Waals surface area contributed by atoms with E-state index < -0.39 is 0 Å². The number of fused-ring (bicyclic) bond motifs is 1. The van der Waals surface area contributed by atoms with Gasteiger partial charge in [0, 0.05) is 12.0 Å². The molecular formula is C10H21NO. The lowest BCUT2D eigenvalue weighted by Gasteiger charge is -2.29. The smallest absolute Gasteiger partial charge is 0.0583 e. The van der Waals surface area contributed by atoms with Crippen LogP contribution >= 0.6 is 0 Å². The summed E-state index contributed by atoms with van der Waals surface area (Å²) in [6.07, 6.45) is 4.69. The summed E-state index contributed by atoms with van der Waals surface area (Å²) in [5, 5.41) is 13.0. The molecule has 2 rings (SSSR count). The minimum atomic E-state index is -0.00579. The van der Waals surface area contributed by atoms with E-state index in [1.165, 1.54) is 19.3 Å². The largest absolute Gasteiger partial charge is 0.393 e. The average molecular weight is 171 g/mol. The molecule has 2 N–H and O–H groups in total. The van der Waals surface area contributed by atoms with Gasteiger partial charge in [0.25, 0.3) is 0 Å². The molecule has 72 valence electrons. The van der Waals surface area contributed by atoms with Gasteiger partial charge >= 0.3 is 0 Å². The van der Waals surface area contributed by atoms with Crippen molar-refractivity contribution in [1.82, 2.24) is 5.32 Å². The molecule has 0 aromatic rings. The van der Waals surface area contributed by atoms with Crippen LogP contribution in [0.4, 0.5) is 0 Å². The standard InChI is InChI=1S/C8H15NO.C2H6/c10-8-3-1-2-7-6(8)4-5-9-7;1-2/h6-10H,1-5H2;1-2H3. The quantitative estimate of drug-likeness (QED) is 0.579. The van der Waals surface area contributed by atoms with Crippen molar-refractivity contribution < 1.29 is 5.11 Å². The molecule has 3 atom stereocenters. The first kappa shape index (κ1) is 10.0. The molecule has 2 aliphatic rings. The Labute approximate surface area is 75.4 Å². The molecule has 1 aliphatic heterocycles. The Morgan fingerprint density at radius 3 is 2.58 bits per heavy atom. The Hall–Kier alpha value is -0.0800. The van der Waals surface area contributed by atoms with Crippen molar-refractivity contribution in [3.63, 3.8) is 0 Å². The van der Waals surface area contributed by atoms with Crippen molar-refractivity contribution >= 4 is 0 Å². The first-order valence-electron chi connectivity index (χ1n) is 5.29. The fraction of sp³-hybridized carbons (Fsp3) is 1.00. The molecule has 2 heteroatoms. The number of aliphatic hydroxyl groups excluding tert-OH is 1. The molecule has 0 amide bonds. The molecule has 0 spiro atoms. The van der Waals surface area contributed by atoms with Crippen LogP contribution in [0.25, 0.3) is 0 Å². The second kappa shape index (κ2) is 4.83. The summed E-state index contributed by atoms with van der Waals surface area (Å²) in [7, 11) is 0. The lowest BCUT2D eigenvalue weighted by Crippen LogP contribution is -2.37. The zero-order chi connectivity index (χ0) is 8.97. The van der Waals surface area contributed by atoms with Crippen molar-refractivity contribution in [1.29, 1.82) is 0 Å². The van der Waals surface area contributed by atoms with Crippen molar-refractivity contribution in [2.75, 3.05) is 6.54 Å². The van der Waals surface area contributed by atoms with Crippen molar-refractivity contribution in [2.24, 2.45) is 5.92 Å². The summed E-state index contributed by atoms with van der Waals surface area (Å²) in [5.41, 5.74) is 0. The number of aliphatic hydroxyl groups is 1. The normalized spacial score (nSPS) is 39.8. The van der Waals surface area contributed by atoms with E-state index in [0.717, 1.165) is 13.0 Å². The molecule has 12 heavy (non-hydrogen) atoms. The summed E-state index contributed by atoms with van der Waals surface area (Å²) in [6, 6.07) is 0.642. The van der Waals surface area contributed by atoms with Gasteiger partial charge in [-0.3, -0.25) is 0 Å². The minimum absolute atomic E-state index is 0.00579. The van der Waals surface area contributed by atoms with E-state index in [1.807, 2.05) is 13.8 Å². The highest BCUT2D eigenvalue weighted by molar-refractivity contribution is 4.91. The molecule has 0 radical (unpaired) electrons. The molecule has 1 saturated carbocycles. The van der Waals surface area contributed by atoms with E-state index in [4.69, 9.17) is 0 Å². The summed E-state index contributed by atoms with van der Waals surface area (Å²) in [4.78, 5) is 0. The molecule has 0 aromatic heterocycles. The van der Waals surface area contributed by atoms with Gasteiger partial charge in [0.05, 0.1) is 6.10 Å². The second-order valence-electron chi connectivity index (χ2n) is 3.51. The second-order valence-corrected chi connectivity index (χ2v) is 3.51. The maximum absolute atomic E-state index is 9.54. The van der Waals surface area contributed by atoms with E-state index in [-0.39, 0.29) is 6.10 Å². The van der Waals surface area contributed by atoms with Crippen LogP contribution < -0.4 is 5.32 Å². The summed E-state index contributed by atoms with van der Waals surface area (Å²) in [5.74, 6) is 0.578. The number of hydrogen-bond donors (Lipinski definition) is 2. The lowest BCUT2D eigenvalue weighted by molar-refractivity contribution is 0.0652. The number of hydrogen-bond acceptors (Lipinski definition) is 2. The molecule has 0 bridgehead atoms. The summed E-state index contributed by atoms with van der Waals surface area (Å²) in [6.45, 7) is 5.12. The van der Waals surface area contributed by atoms with Crippen LogP contribution in [0, 0.1) is 5.92 Å². The molecule has 2 nitrogen and oxygen atoms in total. The molecule has 2 fully saturated rings. The van der Waals surface area contributed by atoms with Gasteiger partial charge in [-0.25, -0.2) is 0 Å². The van der Waals surface area contributed by atoms with E-state index in [1.54, 1.807) is 0 Å². The van der Waals surface area contributed by atoms with Gasteiger partial charge in [0.2, 0.25) is 0 Å². The molecule has 1 heterocycles. The Kier molecular flexibility index (Phi) is 4.02. The topological polar surface area (TPSA) is 32.3 Å². The van der Waals surface area contributed by atoms with E-state index in [0.29, 0.717) is 12.0 Å². The zero-order valence-electron chi connectivity index (χ0n) is 8.21. The van der Waals surface area contributed by atoms with Crippen molar-refractivity contribution in [2.45, 2.75) is 51.7 Å². The van der Waals surface area contributed by atoms with Gasteiger partial charge in [-0.2, -0.15) is 0 Å². The van der Waals surface area contributed by atoms with Crippen LogP contribution in [0.15, 0.2) is 0 Å². The lowest BCUT2D eigenvalue weighted by atomic mass is 9.83. The Morgan fingerprint density at radius 2 is 1.92 bits per heavy atom. The van der Waals surface area contributed by atoms with Crippen molar-refractivity contribution in [3.8, 4) is 0 Å². The maximum atomic E-state index is 9.54. The van der Waals surface area contributed by atoms with Gasteiger partial charge in [-0.05, 0) is 32.2 Å². The monoisotopic (exact) mass is 171 g/mol. The summed E-state index contributed by atoms with van der Waals surface area (Å²) >= 11 is 0. The predicted octanol–water partition coefficient (Wildman–Crippen LogP) is 1.54. The van der Waals surface area contributed by atoms with Gasteiger partial charge < -0.3 is 10.4 Å². The van der Waals surface area contributed by atoms with Gasteiger partial charge in [0.1, 0.15) is 0 Å². The Morgan fingerprint density at radius 1 is 1.17 bits per heavy atom. The SMILES string of the molecule is CC.OC1CCCC2NCCC12. The molecular weight excluding hydrogens is 150 g/mol. The van der Waals surface area contributed by atoms with Crippen molar-refractivity contribution in [3.05, 3.63) is 0 Å². The third-order valence-corrected chi connectivity index (χ3v) is 2.91. The van der Waals surface area contributed by atoms with Crippen LogP contribution in [0.5, 0.6) is 0 Å². The molecule has 1 saturated heterocycles. The van der Waals surface area contributed by atoms with E-state index >= 15 is 0 Å². The minimum Gasteiger partial charge on any atom is -0.393 e. The Bertz CT molecular complexity index is 127. The van der Waals surface area contributed by atoms with Crippen LogP contribution in [0.2, 0.25) is 0 Å². The van der Waals surface area contributed by atoms with Gasteiger partial charge in [-0.15, -0.1) is 0 Å². The van der Waals surface area contributed by atoms with Crippen LogP contribution in [-0.4, -0.2) is 23.8 Å². The average Bonchev–Trinajstić information content (AvgIpc) is 2.57. The molecule has 0 aromatic carbocycles. The summed E-state index contributed by atoms with van der Waals surface area (Å²) < 4.78 is 0. The first-order valence-corrected chi connectivity index (χ1v) is 5.29. The predicted molar refractivity (Wildman–Crippen MR) is 51.1 cm³/mol. The van der Waals surface area contributed by atoms with E-state index in [9.17, 15) is 5.11 Å². The van der Waals surface area contributed by atoms with Gasteiger partial charge in [-0.1, -0.05) is 13.8 Å². The molecule has 3 unspecified atom stereocenters. The first-order chi connectivity index (χ1) is 5.88. The fourth-order valence-electron chi connectivity index (χ4n) is 2.33. The number of nitrogens with one attached hydrogen (secondary N) is 1. The Balaban J connectivity index is 0.000000336. The van der Waals surface area contributed by atoms with Gasteiger partial charge in [0.15, 0.2) is 0 Å². The highest BCUT2D eigenvalue weighted by atomic mass is 16.3. The zero-order valence-corrected chi connectivity index (χ0v) is 8.21.